The molecule has 6 heteroatoms. The lowest BCUT2D eigenvalue weighted by Gasteiger charge is -2.38. The summed E-state index contributed by atoms with van der Waals surface area (Å²) in [6, 6.07) is 18.4. The summed E-state index contributed by atoms with van der Waals surface area (Å²) in [5.74, 6) is 0. The van der Waals surface area contributed by atoms with Gasteiger partial charge in [-0.3, -0.25) is 0 Å². The van der Waals surface area contributed by atoms with Crippen LogP contribution in [0.2, 0.25) is 52.4 Å². The number of benzene rings is 2. The van der Waals surface area contributed by atoms with Crippen LogP contribution in [0.1, 0.15) is 0 Å². The second-order valence-electron chi connectivity index (χ2n) is 9.40. The second kappa shape index (κ2) is 6.39. The van der Waals surface area contributed by atoms with E-state index in [0.29, 0.717) is 0 Å². The molecule has 0 spiro atoms. The van der Waals surface area contributed by atoms with Crippen LogP contribution in [0.15, 0.2) is 48.5 Å². The van der Waals surface area contributed by atoms with Gasteiger partial charge in [-0.1, -0.05) is 48.5 Å². The Hall–Kier alpha value is -0.772. The van der Waals surface area contributed by atoms with Gasteiger partial charge in [-0.2, -0.15) is 0 Å². The van der Waals surface area contributed by atoms with Crippen molar-refractivity contribution >= 4 is 54.0 Å². The van der Waals surface area contributed by atoms with Crippen LogP contribution in [-0.4, -0.2) is 33.3 Å². The van der Waals surface area contributed by atoms with Crippen molar-refractivity contribution in [3.8, 4) is 0 Å². The number of hydrogen-bond acceptors (Lipinski definition) is 2. The summed E-state index contributed by atoms with van der Waals surface area (Å²) >= 11 is 0. The molecule has 4 aliphatic rings. The third-order valence-corrected chi connectivity index (χ3v) is 20.6. The molecule has 4 heterocycles. The summed E-state index contributed by atoms with van der Waals surface area (Å²) in [5.41, 5.74) is 0. The molecule has 2 aromatic carbocycles. The van der Waals surface area contributed by atoms with Gasteiger partial charge in [0.25, 0.3) is 0 Å². The molecule has 2 aromatic rings. The predicted molar refractivity (Wildman–Crippen MR) is 124 cm³/mol. The van der Waals surface area contributed by atoms with Gasteiger partial charge in [0.1, 0.15) is 0 Å². The molecule has 2 nitrogen and oxygen atoms in total. The van der Waals surface area contributed by atoms with Crippen molar-refractivity contribution in [3.63, 3.8) is 0 Å². The summed E-state index contributed by atoms with van der Waals surface area (Å²) in [6.45, 7) is 18.6. The van der Waals surface area contributed by atoms with Gasteiger partial charge in [0.15, 0.2) is 0 Å². The summed E-state index contributed by atoms with van der Waals surface area (Å²) in [5, 5.41) is 5.49. The molecule has 140 valence electrons. The van der Waals surface area contributed by atoms with Gasteiger partial charge in [0, 0.05) is 0 Å². The van der Waals surface area contributed by atoms with Crippen LogP contribution in [0.25, 0.3) is 0 Å². The molecule has 0 saturated heterocycles. The van der Waals surface area contributed by atoms with Gasteiger partial charge in [0.05, 0.1) is 0 Å². The minimum atomic E-state index is -1.96. The average molecular weight is 417 g/mol. The molecule has 4 bridgehead atoms. The minimum Gasteiger partial charge on any atom is -0.449 e. The number of rotatable bonds is 0. The topological polar surface area (TPSA) is 18.5 Å². The zero-order valence-electron chi connectivity index (χ0n) is 17.4. The van der Waals surface area contributed by atoms with Gasteiger partial charge >= 0.3 is 0 Å². The van der Waals surface area contributed by atoms with Gasteiger partial charge in [-0.25, -0.2) is 0 Å². The van der Waals surface area contributed by atoms with Crippen molar-refractivity contribution in [2.24, 2.45) is 0 Å². The fourth-order valence-electron chi connectivity index (χ4n) is 4.06. The molecule has 4 aliphatic heterocycles. The zero-order valence-corrected chi connectivity index (χ0v) is 21.4. The van der Waals surface area contributed by atoms with Gasteiger partial charge in [0.2, 0.25) is 33.3 Å². The number of hydrogen-bond donors (Lipinski definition) is 0. The molecule has 0 atom stereocenters. The van der Waals surface area contributed by atoms with Crippen LogP contribution in [0.4, 0.5) is 0 Å². The molecule has 0 aliphatic carbocycles. The first kappa shape index (κ1) is 20.0. The van der Waals surface area contributed by atoms with E-state index in [2.05, 4.69) is 101 Å². The highest BCUT2D eigenvalue weighted by molar-refractivity contribution is 6.98. The van der Waals surface area contributed by atoms with Crippen LogP contribution < -0.4 is 20.7 Å². The van der Waals surface area contributed by atoms with Crippen molar-refractivity contribution in [2.45, 2.75) is 52.4 Å². The summed E-state index contributed by atoms with van der Waals surface area (Å²) in [7, 11) is -7.83. The maximum absolute atomic E-state index is 6.90. The normalized spacial score (nSPS) is 22.8. The fraction of sp³-hybridized carbons (Fsp3) is 0.400. The highest BCUT2D eigenvalue weighted by atomic mass is 28.4. The van der Waals surface area contributed by atoms with Crippen molar-refractivity contribution in [1.29, 1.82) is 0 Å². The molecule has 6 rings (SSSR count). The van der Waals surface area contributed by atoms with E-state index in [9.17, 15) is 0 Å². The third-order valence-electron chi connectivity index (χ3n) is 5.57. The van der Waals surface area contributed by atoms with E-state index >= 15 is 0 Å². The third kappa shape index (κ3) is 3.76. The first-order chi connectivity index (χ1) is 11.8. The van der Waals surface area contributed by atoms with Crippen molar-refractivity contribution in [1.82, 2.24) is 0 Å². The lowest BCUT2D eigenvalue weighted by molar-refractivity contribution is 0.570. The quantitative estimate of drug-likeness (QED) is 0.615. The largest absolute Gasteiger partial charge is 0.449 e. The molecule has 0 unspecified atom stereocenters. The maximum atomic E-state index is 6.90. The lowest BCUT2D eigenvalue weighted by Crippen LogP contribution is -2.60. The smallest absolute Gasteiger partial charge is 0.206 e. The highest BCUT2D eigenvalue weighted by Gasteiger charge is 2.39. The fourth-order valence-corrected chi connectivity index (χ4v) is 20.0. The average Bonchev–Trinajstić information content (AvgIpc) is 2.52. The molecule has 0 radical (unpaired) electrons. The lowest BCUT2D eigenvalue weighted by atomic mass is 10.4. The van der Waals surface area contributed by atoms with Gasteiger partial charge < -0.3 is 8.23 Å². The molecule has 0 aromatic heterocycles. The van der Waals surface area contributed by atoms with Crippen LogP contribution in [0.3, 0.4) is 0 Å². The Morgan fingerprint density at radius 3 is 0.692 bits per heavy atom. The molecule has 0 fully saturated rings. The van der Waals surface area contributed by atoms with E-state index in [4.69, 9.17) is 8.23 Å². The first-order valence-corrected chi connectivity index (χ1v) is 21.1. The van der Waals surface area contributed by atoms with Crippen LogP contribution in [-0.2, 0) is 8.23 Å². The van der Waals surface area contributed by atoms with Crippen molar-refractivity contribution < 1.29 is 8.23 Å². The molecule has 0 amide bonds. The summed E-state index contributed by atoms with van der Waals surface area (Å²) in [6.07, 6.45) is 0. The SMILES string of the molecule is C[Si]1(C)O[Si](C)(C)c2ccc(cc2)[Si](C)(C)O[Si](C)(C)c2ccc1cc2. The van der Waals surface area contributed by atoms with Gasteiger partial charge in [-0.15, -0.1) is 0 Å². The summed E-state index contributed by atoms with van der Waals surface area (Å²) < 4.78 is 13.8. The van der Waals surface area contributed by atoms with Crippen LogP contribution in [0.5, 0.6) is 0 Å². The van der Waals surface area contributed by atoms with Crippen LogP contribution in [0, 0.1) is 0 Å². The van der Waals surface area contributed by atoms with E-state index in [0.717, 1.165) is 0 Å². The maximum Gasteiger partial charge on any atom is 0.206 e. The van der Waals surface area contributed by atoms with Crippen molar-refractivity contribution in [2.75, 3.05) is 0 Å². The monoisotopic (exact) mass is 416 g/mol. The van der Waals surface area contributed by atoms with E-state index in [-0.39, 0.29) is 0 Å². The van der Waals surface area contributed by atoms with E-state index in [1.165, 1.54) is 20.7 Å². The standard InChI is InChI=1S/C20H32O2Si4/c1-23(2)17-9-11-19(12-10-17)25(5,6)22-26(7,8)20-15-13-18(14-16-20)24(3,4)21-23/h9-16H,1-8H3. The Labute approximate surface area is 163 Å². The van der Waals surface area contributed by atoms with E-state index in [1.807, 2.05) is 0 Å². The second-order valence-corrected chi connectivity index (χ2v) is 25.4. The molecule has 0 saturated carbocycles. The molecule has 0 N–H and O–H groups in total. The minimum absolute atomic E-state index is 1.37. The Kier molecular flexibility index (Phi) is 4.91. The Bertz CT molecular complexity index is 658. The Balaban J connectivity index is 2.18. The highest BCUT2D eigenvalue weighted by Crippen LogP contribution is 2.19. The van der Waals surface area contributed by atoms with Gasteiger partial charge in [-0.05, 0) is 73.1 Å². The summed E-state index contributed by atoms with van der Waals surface area (Å²) in [4.78, 5) is 0. The van der Waals surface area contributed by atoms with E-state index in [1.54, 1.807) is 0 Å². The molecular formula is C20H32O2Si4. The molecular weight excluding hydrogens is 385 g/mol. The molecule has 26 heavy (non-hydrogen) atoms. The van der Waals surface area contributed by atoms with Crippen molar-refractivity contribution in [3.05, 3.63) is 48.5 Å². The van der Waals surface area contributed by atoms with Crippen LogP contribution >= 0.6 is 0 Å². The first-order valence-electron chi connectivity index (χ1n) is 9.46. The Morgan fingerprint density at radius 1 is 0.385 bits per heavy atom. The predicted octanol–water partition coefficient (Wildman–Crippen LogP) is 3.08. The zero-order chi connectivity index (χ0) is 19.4. The Morgan fingerprint density at radius 2 is 0.538 bits per heavy atom. The van der Waals surface area contributed by atoms with E-state index < -0.39 is 33.3 Å².